The molecule has 0 fully saturated rings. The van der Waals surface area contributed by atoms with E-state index < -0.39 is 0 Å². The first-order valence-electron chi connectivity index (χ1n) is 3.47. The minimum absolute atomic E-state index is 0.426. The average Bonchev–Trinajstić information content (AvgIpc) is 2.03. The number of hydrogen-bond donors (Lipinski definition) is 2. The molecule has 0 atom stereocenters. The number of thiocarbonyl (C=S) groups is 1. The molecule has 1 aromatic rings. The summed E-state index contributed by atoms with van der Waals surface area (Å²) in [5, 5.41) is 3.69. The van der Waals surface area contributed by atoms with Gasteiger partial charge in [0.1, 0.15) is 0 Å². The van der Waals surface area contributed by atoms with Gasteiger partial charge in [-0.1, -0.05) is 36.0 Å². The first-order chi connectivity index (χ1) is 5.70. The second kappa shape index (κ2) is 4.28. The van der Waals surface area contributed by atoms with E-state index in [4.69, 9.17) is 29.6 Å². The molecule has 0 radical (unpaired) electrons. The quantitative estimate of drug-likeness (QED) is 0.734. The Kier molecular flexibility index (Phi) is 3.31. The number of benzene rings is 1. The highest BCUT2D eigenvalue weighted by molar-refractivity contribution is 7.80. The SMILES string of the molecule is NC(=S)CNc1ccccc1Cl. The van der Waals surface area contributed by atoms with Crippen LogP contribution in [-0.2, 0) is 0 Å². The molecular formula is C8H9ClN2S. The zero-order valence-corrected chi connectivity index (χ0v) is 7.95. The van der Waals surface area contributed by atoms with Crippen LogP contribution >= 0.6 is 23.8 Å². The summed E-state index contributed by atoms with van der Waals surface area (Å²) in [7, 11) is 0. The van der Waals surface area contributed by atoms with Crippen molar-refractivity contribution in [3.63, 3.8) is 0 Å². The number of hydrogen-bond acceptors (Lipinski definition) is 2. The molecule has 4 heteroatoms. The van der Waals surface area contributed by atoms with Gasteiger partial charge in [-0.2, -0.15) is 0 Å². The topological polar surface area (TPSA) is 38.0 Å². The summed E-state index contributed by atoms with van der Waals surface area (Å²) < 4.78 is 0. The summed E-state index contributed by atoms with van der Waals surface area (Å²) in [6, 6.07) is 7.45. The zero-order valence-electron chi connectivity index (χ0n) is 6.38. The molecule has 3 N–H and O–H groups in total. The molecule has 12 heavy (non-hydrogen) atoms. The molecular weight excluding hydrogens is 192 g/mol. The lowest BCUT2D eigenvalue weighted by molar-refractivity contribution is 1.38. The normalized spacial score (nSPS) is 9.42. The van der Waals surface area contributed by atoms with Crippen LogP contribution in [0.15, 0.2) is 24.3 Å². The highest BCUT2D eigenvalue weighted by Gasteiger charge is 1.96. The van der Waals surface area contributed by atoms with Gasteiger partial charge in [0.25, 0.3) is 0 Å². The van der Waals surface area contributed by atoms with Gasteiger partial charge in [-0.3, -0.25) is 0 Å². The van der Waals surface area contributed by atoms with E-state index in [1.54, 1.807) is 0 Å². The van der Waals surface area contributed by atoms with Crippen LogP contribution in [0.25, 0.3) is 0 Å². The molecule has 0 spiro atoms. The fraction of sp³-hybridized carbons (Fsp3) is 0.125. The third kappa shape index (κ3) is 2.68. The lowest BCUT2D eigenvalue weighted by atomic mass is 10.3. The summed E-state index contributed by atoms with van der Waals surface area (Å²) in [6.45, 7) is 0.471. The van der Waals surface area contributed by atoms with Crippen molar-refractivity contribution in [3.8, 4) is 0 Å². The number of anilines is 1. The van der Waals surface area contributed by atoms with E-state index in [1.165, 1.54) is 0 Å². The van der Waals surface area contributed by atoms with Gasteiger partial charge in [-0.15, -0.1) is 0 Å². The largest absolute Gasteiger partial charge is 0.392 e. The first kappa shape index (κ1) is 9.29. The lowest BCUT2D eigenvalue weighted by Gasteiger charge is -2.05. The maximum Gasteiger partial charge on any atom is 0.0921 e. The van der Waals surface area contributed by atoms with Crippen molar-refractivity contribution in [2.24, 2.45) is 5.73 Å². The van der Waals surface area contributed by atoms with E-state index in [-0.39, 0.29) is 0 Å². The third-order valence-corrected chi connectivity index (χ3v) is 1.80. The Morgan fingerprint density at radius 2 is 2.17 bits per heavy atom. The van der Waals surface area contributed by atoms with E-state index in [0.29, 0.717) is 16.6 Å². The Morgan fingerprint density at radius 3 is 2.75 bits per heavy atom. The van der Waals surface area contributed by atoms with Crippen molar-refractivity contribution in [1.29, 1.82) is 0 Å². The second-order valence-corrected chi connectivity index (χ2v) is 3.23. The maximum absolute atomic E-state index is 5.86. The van der Waals surface area contributed by atoms with E-state index in [2.05, 4.69) is 5.32 Å². The average molecular weight is 201 g/mol. The van der Waals surface area contributed by atoms with Crippen LogP contribution in [-0.4, -0.2) is 11.5 Å². The molecule has 0 unspecified atom stereocenters. The second-order valence-electron chi connectivity index (χ2n) is 2.30. The lowest BCUT2D eigenvalue weighted by Crippen LogP contribution is -2.19. The van der Waals surface area contributed by atoms with Crippen LogP contribution in [0, 0.1) is 0 Å². The van der Waals surface area contributed by atoms with Crippen molar-refractivity contribution in [1.82, 2.24) is 0 Å². The molecule has 0 heterocycles. The monoisotopic (exact) mass is 200 g/mol. The van der Waals surface area contributed by atoms with Crippen LogP contribution in [0.4, 0.5) is 5.69 Å². The van der Waals surface area contributed by atoms with Gasteiger partial charge >= 0.3 is 0 Å². The summed E-state index contributed by atoms with van der Waals surface area (Å²) in [6.07, 6.45) is 0. The molecule has 0 bridgehead atoms. The molecule has 0 amide bonds. The first-order valence-corrected chi connectivity index (χ1v) is 4.25. The molecule has 1 aromatic carbocycles. The predicted molar refractivity (Wildman–Crippen MR) is 56.7 cm³/mol. The van der Waals surface area contributed by atoms with Gasteiger partial charge in [0.15, 0.2) is 0 Å². The third-order valence-electron chi connectivity index (χ3n) is 1.33. The summed E-state index contributed by atoms with van der Waals surface area (Å²) in [4.78, 5) is 0.426. The smallest absolute Gasteiger partial charge is 0.0921 e. The minimum atomic E-state index is 0.426. The van der Waals surface area contributed by atoms with Crippen molar-refractivity contribution in [3.05, 3.63) is 29.3 Å². The minimum Gasteiger partial charge on any atom is -0.392 e. The summed E-state index contributed by atoms with van der Waals surface area (Å²) in [5.74, 6) is 0. The fourth-order valence-corrected chi connectivity index (χ4v) is 1.06. The highest BCUT2D eigenvalue weighted by atomic mass is 35.5. The van der Waals surface area contributed by atoms with Crippen LogP contribution in [0.3, 0.4) is 0 Å². The Balaban J connectivity index is 2.63. The Labute approximate surface area is 81.7 Å². The molecule has 0 saturated heterocycles. The molecule has 64 valence electrons. The van der Waals surface area contributed by atoms with Crippen LogP contribution in [0.2, 0.25) is 5.02 Å². The van der Waals surface area contributed by atoms with Crippen LogP contribution in [0.1, 0.15) is 0 Å². The fourth-order valence-electron chi connectivity index (χ4n) is 0.787. The zero-order chi connectivity index (χ0) is 8.97. The number of halogens is 1. The Morgan fingerprint density at radius 1 is 1.50 bits per heavy atom. The van der Waals surface area contributed by atoms with Crippen molar-refractivity contribution in [2.75, 3.05) is 11.9 Å². The molecule has 0 saturated carbocycles. The van der Waals surface area contributed by atoms with E-state index in [9.17, 15) is 0 Å². The number of nitrogens with two attached hydrogens (primary N) is 1. The Bertz CT molecular complexity index is 288. The van der Waals surface area contributed by atoms with E-state index in [0.717, 1.165) is 5.69 Å². The van der Waals surface area contributed by atoms with Gasteiger partial charge in [0.2, 0.25) is 0 Å². The highest BCUT2D eigenvalue weighted by Crippen LogP contribution is 2.19. The Hall–Kier alpha value is -0.800. The van der Waals surface area contributed by atoms with Gasteiger partial charge in [0, 0.05) is 0 Å². The summed E-state index contributed by atoms with van der Waals surface area (Å²) >= 11 is 10.6. The van der Waals surface area contributed by atoms with Gasteiger partial charge in [0.05, 0.1) is 22.2 Å². The van der Waals surface area contributed by atoms with E-state index >= 15 is 0 Å². The molecule has 0 aliphatic carbocycles. The predicted octanol–water partition coefficient (Wildman–Crippen LogP) is 2.04. The van der Waals surface area contributed by atoms with E-state index in [1.807, 2.05) is 24.3 Å². The molecule has 2 nitrogen and oxygen atoms in total. The van der Waals surface area contributed by atoms with Crippen LogP contribution < -0.4 is 11.1 Å². The number of nitrogens with one attached hydrogen (secondary N) is 1. The summed E-state index contributed by atoms with van der Waals surface area (Å²) in [5.41, 5.74) is 6.17. The van der Waals surface area contributed by atoms with Gasteiger partial charge in [-0.25, -0.2) is 0 Å². The molecule has 0 aromatic heterocycles. The van der Waals surface area contributed by atoms with Crippen molar-refractivity contribution < 1.29 is 0 Å². The van der Waals surface area contributed by atoms with Gasteiger partial charge < -0.3 is 11.1 Å². The van der Waals surface area contributed by atoms with Crippen molar-refractivity contribution >= 4 is 34.5 Å². The van der Waals surface area contributed by atoms with Crippen LogP contribution in [0.5, 0.6) is 0 Å². The standard InChI is InChI=1S/C8H9ClN2S/c9-6-3-1-2-4-7(6)11-5-8(10)12/h1-4,11H,5H2,(H2,10,12). The number of para-hydroxylation sites is 1. The van der Waals surface area contributed by atoms with Crippen molar-refractivity contribution in [2.45, 2.75) is 0 Å². The number of rotatable bonds is 3. The molecule has 1 rings (SSSR count). The molecule has 0 aliphatic rings. The molecule has 0 aliphatic heterocycles. The van der Waals surface area contributed by atoms with Gasteiger partial charge in [-0.05, 0) is 12.1 Å². The maximum atomic E-state index is 5.86.